The van der Waals surface area contributed by atoms with Crippen molar-refractivity contribution in [3.8, 4) is 0 Å². The van der Waals surface area contributed by atoms with Gasteiger partial charge < -0.3 is 10.1 Å². The Balaban J connectivity index is 1.73. The molecule has 3 rings (SSSR count). The van der Waals surface area contributed by atoms with Crippen molar-refractivity contribution in [1.29, 1.82) is 0 Å². The van der Waals surface area contributed by atoms with E-state index in [1.807, 2.05) is 0 Å². The lowest BCUT2D eigenvalue weighted by Crippen LogP contribution is -2.25. The predicted molar refractivity (Wildman–Crippen MR) is 113 cm³/mol. The van der Waals surface area contributed by atoms with E-state index >= 15 is 0 Å². The molecule has 0 spiro atoms. The first-order chi connectivity index (χ1) is 14.8. The van der Waals surface area contributed by atoms with Gasteiger partial charge in [-0.05, 0) is 42.8 Å². The van der Waals surface area contributed by atoms with Crippen molar-refractivity contribution in [3.63, 3.8) is 0 Å². The molecule has 2 aromatic carbocycles. The van der Waals surface area contributed by atoms with E-state index in [-0.39, 0.29) is 17.0 Å². The molecule has 0 fully saturated rings. The molecule has 0 aliphatic carbocycles. The van der Waals surface area contributed by atoms with Gasteiger partial charge in [0.2, 0.25) is 5.91 Å². The molecule has 0 radical (unpaired) electrons. The van der Waals surface area contributed by atoms with Crippen LogP contribution in [-0.4, -0.2) is 34.9 Å². The van der Waals surface area contributed by atoms with Crippen LogP contribution < -0.4 is 10.9 Å². The first-order valence-electron chi connectivity index (χ1n) is 9.38. The highest BCUT2D eigenvalue weighted by Gasteiger charge is 2.30. The van der Waals surface area contributed by atoms with Gasteiger partial charge in [-0.1, -0.05) is 23.9 Å². The summed E-state index contributed by atoms with van der Waals surface area (Å²) >= 11 is 1.09. The normalized spacial score (nSPS) is 11.6. The number of carbonyl (C=O) groups excluding carboxylic acids is 1. The highest BCUT2D eigenvalue weighted by molar-refractivity contribution is 7.99. The first-order valence-corrected chi connectivity index (χ1v) is 10.4. The average molecular weight is 451 g/mol. The molecule has 1 aromatic heterocycles. The second-order valence-corrected chi connectivity index (χ2v) is 7.57. The van der Waals surface area contributed by atoms with Crippen molar-refractivity contribution in [3.05, 3.63) is 64.4 Å². The fourth-order valence-corrected chi connectivity index (χ4v) is 3.72. The lowest BCUT2D eigenvalue weighted by atomic mass is 10.2. The summed E-state index contributed by atoms with van der Waals surface area (Å²) in [6.45, 7) is 0.852. The van der Waals surface area contributed by atoms with E-state index in [0.29, 0.717) is 35.6 Å². The Morgan fingerprint density at radius 1 is 1.16 bits per heavy atom. The molecular formula is C21H20F3N3O3S. The van der Waals surface area contributed by atoms with Gasteiger partial charge in [0, 0.05) is 25.9 Å². The van der Waals surface area contributed by atoms with E-state index in [2.05, 4.69) is 10.3 Å². The second-order valence-electron chi connectivity index (χ2n) is 6.63. The zero-order valence-electron chi connectivity index (χ0n) is 16.6. The largest absolute Gasteiger partial charge is 0.416 e. The minimum absolute atomic E-state index is 0.0594. The Hall–Kier alpha value is -2.85. The molecule has 0 saturated carbocycles. The molecule has 164 valence electrons. The maximum absolute atomic E-state index is 12.9. The number of methoxy groups -OCH3 is 1. The number of hydrogen-bond acceptors (Lipinski definition) is 5. The Bertz CT molecular complexity index is 1110. The predicted octanol–water partition coefficient (Wildman–Crippen LogP) is 4.18. The molecular weight excluding hydrogens is 431 g/mol. The number of aromatic nitrogens is 2. The standard InChI is InChI=1S/C21H20F3N3O3S/c1-30-12-4-11-27-19(29)16-5-2-3-6-17(16)26-20(27)31-13-18(28)25-15-9-7-14(8-10-15)21(22,23)24/h2-3,5-10H,4,11-13H2,1H3,(H,25,28). The number of benzene rings is 2. The Labute approximate surface area is 180 Å². The summed E-state index contributed by atoms with van der Waals surface area (Å²) in [6.07, 6.45) is -3.84. The summed E-state index contributed by atoms with van der Waals surface area (Å²) in [6, 6.07) is 11.2. The van der Waals surface area contributed by atoms with Gasteiger partial charge in [0.15, 0.2) is 5.16 Å². The molecule has 3 aromatic rings. The van der Waals surface area contributed by atoms with Crippen LogP contribution in [0.1, 0.15) is 12.0 Å². The number of nitrogens with zero attached hydrogens (tertiary/aromatic N) is 2. The molecule has 10 heteroatoms. The molecule has 0 unspecified atom stereocenters. The highest BCUT2D eigenvalue weighted by atomic mass is 32.2. The molecule has 0 atom stereocenters. The first kappa shape index (κ1) is 22.8. The zero-order valence-corrected chi connectivity index (χ0v) is 17.4. The maximum Gasteiger partial charge on any atom is 0.416 e. The number of hydrogen-bond donors (Lipinski definition) is 1. The minimum atomic E-state index is -4.44. The van der Waals surface area contributed by atoms with Gasteiger partial charge in [0.1, 0.15) is 0 Å². The fraction of sp³-hybridized carbons (Fsp3) is 0.286. The molecule has 0 bridgehead atoms. The monoisotopic (exact) mass is 451 g/mol. The van der Waals surface area contributed by atoms with Crippen LogP contribution in [0.4, 0.5) is 18.9 Å². The van der Waals surface area contributed by atoms with Crippen molar-refractivity contribution in [1.82, 2.24) is 9.55 Å². The molecule has 31 heavy (non-hydrogen) atoms. The van der Waals surface area contributed by atoms with Crippen LogP contribution >= 0.6 is 11.8 Å². The quantitative estimate of drug-likeness (QED) is 0.316. The number of rotatable bonds is 8. The number of thioether (sulfide) groups is 1. The zero-order chi connectivity index (χ0) is 22.4. The number of ether oxygens (including phenoxy) is 1. The van der Waals surface area contributed by atoms with E-state index in [9.17, 15) is 22.8 Å². The van der Waals surface area contributed by atoms with Gasteiger partial charge in [0.05, 0.1) is 22.2 Å². The Kier molecular flexibility index (Phi) is 7.34. The van der Waals surface area contributed by atoms with Crippen LogP contribution in [0.25, 0.3) is 10.9 Å². The SMILES string of the molecule is COCCCn1c(SCC(=O)Nc2ccc(C(F)(F)F)cc2)nc2ccccc2c1=O. The number of carbonyl (C=O) groups is 1. The topological polar surface area (TPSA) is 73.2 Å². The highest BCUT2D eigenvalue weighted by Crippen LogP contribution is 2.29. The minimum Gasteiger partial charge on any atom is -0.385 e. The van der Waals surface area contributed by atoms with Crippen LogP contribution in [0.2, 0.25) is 0 Å². The number of alkyl halides is 3. The summed E-state index contributed by atoms with van der Waals surface area (Å²) in [5.41, 5.74) is -0.212. The second kappa shape index (κ2) is 9.97. The van der Waals surface area contributed by atoms with E-state index < -0.39 is 17.6 Å². The average Bonchev–Trinajstić information content (AvgIpc) is 2.74. The maximum atomic E-state index is 12.9. The number of halogens is 3. The molecule has 6 nitrogen and oxygen atoms in total. The third-order valence-electron chi connectivity index (χ3n) is 4.39. The van der Waals surface area contributed by atoms with Gasteiger partial charge in [0.25, 0.3) is 5.56 Å². The summed E-state index contributed by atoms with van der Waals surface area (Å²) in [5, 5.41) is 3.43. The number of nitrogens with one attached hydrogen (secondary N) is 1. The van der Waals surface area contributed by atoms with Gasteiger partial charge in [-0.2, -0.15) is 13.2 Å². The molecule has 1 heterocycles. The van der Waals surface area contributed by atoms with Crippen LogP contribution in [0, 0.1) is 0 Å². The van der Waals surface area contributed by atoms with Crippen LogP contribution in [0.3, 0.4) is 0 Å². The van der Waals surface area contributed by atoms with E-state index in [4.69, 9.17) is 4.74 Å². The van der Waals surface area contributed by atoms with Crippen molar-refractivity contribution in [2.45, 2.75) is 24.3 Å². The summed E-state index contributed by atoms with van der Waals surface area (Å²) in [5.74, 6) is -0.480. The van der Waals surface area contributed by atoms with Gasteiger partial charge in [-0.25, -0.2) is 4.98 Å². The lowest BCUT2D eigenvalue weighted by molar-refractivity contribution is -0.137. The van der Waals surface area contributed by atoms with E-state index in [1.54, 1.807) is 31.4 Å². The molecule has 1 N–H and O–H groups in total. The van der Waals surface area contributed by atoms with E-state index in [0.717, 1.165) is 23.9 Å². The van der Waals surface area contributed by atoms with Crippen molar-refractivity contribution in [2.24, 2.45) is 0 Å². The van der Waals surface area contributed by atoms with Gasteiger partial charge in [-0.15, -0.1) is 0 Å². The molecule has 0 aliphatic heterocycles. The number of fused-ring (bicyclic) bond motifs is 1. The fourth-order valence-electron chi connectivity index (χ4n) is 2.89. The third kappa shape index (κ3) is 5.86. The van der Waals surface area contributed by atoms with Crippen LogP contribution in [0.15, 0.2) is 58.5 Å². The third-order valence-corrected chi connectivity index (χ3v) is 5.36. The Morgan fingerprint density at radius 2 is 1.87 bits per heavy atom. The number of para-hydroxylation sites is 1. The van der Waals surface area contributed by atoms with Gasteiger partial charge >= 0.3 is 6.18 Å². The van der Waals surface area contributed by atoms with Crippen molar-refractivity contribution in [2.75, 3.05) is 24.8 Å². The number of anilines is 1. The molecule has 0 aliphatic rings. The van der Waals surface area contributed by atoms with Crippen LogP contribution in [0.5, 0.6) is 0 Å². The van der Waals surface area contributed by atoms with Gasteiger partial charge in [-0.3, -0.25) is 14.2 Å². The van der Waals surface area contributed by atoms with E-state index in [1.165, 1.54) is 16.7 Å². The number of amides is 1. The smallest absolute Gasteiger partial charge is 0.385 e. The van der Waals surface area contributed by atoms with Crippen molar-refractivity contribution >= 4 is 34.3 Å². The lowest BCUT2D eigenvalue weighted by Gasteiger charge is -2.13. The van der Waals surface area contributed by atoms with Crippen LogP contribution in [-0.2, 0) is 22.3 Å². The molecule has 1 amide bonds. The summed E-state index contributed by atoms with van der Waals surface area (Å²) in [4.78, 5) is 29.7. The molecule has 0 saturated heterocycles. The Morgan fingerprint density at radius 3 is 2.55 bits per heavy atom. The van der Waals surface area contributed by atoms with Crippen molar-refractivity contribution < 1.29 is 22.7 Å². The summed E-state index contributed by atoms with van der Waals surface area (Å²) < 4.78 is 44.5. The summed E-state index contributed by atoms with van der Waals surface area (Å²) in [7, 11) is 1.57.